The molecule has 13 heteroatoms. The molecule has 1 unspecified atom stereocenters. The van der Waals surface area contributed by atoms with Gasteiger partial charge in [0, 0.05) is 14.2 Å². The fourth-order valence-electron chi connectivity index (χ4n) is 1.63. The van der Waals surface area contributed by atoms with Crippen LogP contribution in [-0.4, -0.2) is 59.1 Å². The normalized spacial score (nSPS) is 13.0. The van der Waals surface area contributed by atoms with Crippen molar-refractivity contribution in [2.45, 2.75) is 12.4 Å². The van der Waals surface area contributed by atoms with Crippen LogP contribution in [0, 0.1) is 0 Å². The number of H-pyrrole nitrogens is 1. The van der Waals surface area contributed by atoms with Crippen molar-refractivity contribution in [1.82, 2.24) is 19.9 Å². The van der Waals surface area contributed by atoms with E-state index in [-0.39, 0.29) is 29.5 Å². The lowest BCUT2D eigenvalue weighted by atomic mass is 10.5. The third kappa shape index (κ3) is 3.99. The number of aromatic nitrogens is 4. The number of alkyl halides is 3. The first-order valence-electron chi connectivity index (χ1n) is 6.35. The van der Waals surface area contributed by atoms with Gasteiger partial charge in [-0.2, -0.15) is 28.1 Å². The first kappa shape index (κ1) is 17.7. The van der Waals surface area contributed by atoms with Crippen molar-refractivity contribution in [2.24, 2.45) is 0 Å². The Balaban J connectivity index is 2.26. The van der Waals surface area contributed by atoms with E-state index >= 15 is 0 Å². The van der Waals surface area contributed by atoms with Crippen molar-refractivity contribution in [3.05, 3.63) is 0 Å². The van der Waals surface area contributed by atoms with E-state index < -0.39 is 24.4 Å². The Labute approximate surface area is 132 Å². The second-order valence-corrected chi connectivity index (χ2v) is 4.39. The predicted molar refractivity (Wildman–Crippen MR) is 74.1 cm³/mol. The molecule has 0 amide bonds. The number of carbonyl (C=O) groups excluding carboxylic acids is 1. The van der Waals surface area contributed by atoms with Crippen LogP contribution in [0.5, 0.6) is 6.01 Å². The summed E-state index contributed by atoms with van der Waals surface area (Å²) in [5.41, 5.74) is 5.65. The minimum absolute atomic E-state index is 0.0951. The molecule has 1 atom stereocenters. The van der Waals surface area contributed by atoms with Gasteiger partial charge in [0.15, 0.2) is 17.7 Å². The molecule has 4 N–H and O–H groups in total. The molecule has 2 aromatic heterocycles. The highest BCUT2D eigenvalue weighted by Gasteiger charge is 2.42. The van der Waals surface area contributed by atoms with Gasteiger partial charge in [0.25, 0.3) is 0 Å². The number of ether oxygens (including phenoxy) is 3. The molecule has 2 rings (SSSR count). The zero-order valence-electron chi connectivity index (χ0n) is 12.5. The molecule has 0 bridgehead atoms. The minimum Gasteiger partial charge on any atom is -0.384 e. The number of imidazole rings is 1. The van der Waals surface area contributed by atoms with Gasteiger partial charge >= 0.3 is 18.2 Å². The number of rotatable bonds is 6. The van der Waals surface area contributed by atoms with Crippen LogP contribution in [0.25, 0.3) is 11.2 Å². The Morgan fingerprint density at radius 1 is 1.33 bits per heavy atom. The summed E-state index contributed by atoms with van der Waals surface area (Å²) >= 11 is 0. The van der Waals surface area contributed by atoms with Crippen molar-refractivity contribution in [2.75, 3.05) is 31.9 Å². The number of aromatic amines is 1. The number of nitrogens with two attached hydrogens (primary N) is 1. The van der Waals surface area contributed by atoms with Gasteiger partial charge in [-0.1, -0.05) is 0 Å². The van der Waals surface area contributed by atoms with Crippen LogP contribution in [0.3, 0.4) is 0 Å². The van der Waals surface area contributed by atoms with Gasteiger partial charge in [-0.15, -0.1) is 0 Å². The fraction of sp³-hybridized carbons (Fsp3) is 0.455. The van der Waals surface area contributed by atoms with E-state index in [0.29, 0.717) is 0 Å². The summed E-state index contributed by atoms with van der Waals surface area (Å²) in [5.74, 6) is -2.55. The molecule has 0 spiro atoms. The topological polar surface area (TPSA) is 137 Å². The van der Waals surface area contributed by atoms with E-state index in [9.17, 15) is 18.0 Å². The summed E-state index contributed by atoms with van der Waals surface area (Å²) in [7, 11) is 2.90. The average molecular weight is 350 g/mol. The second kappa shape index (κ2) is 6.84. The number of methoxy groups -OCH3 is 2. The summed E-state index contributed by atoms with van der Waals surface area (Å²) < 4.78 is 50.6. The van der Waals surface area contributed by atoms with Gasteiger partial charge in [0.2, 0.25) is 5.95 Å². The zero-order valence-corrected chi connectivity index (χ0v) is 12.5. The molecule has 10 nitrogen and oxygen atoms in total. The van der Waals surface area contributed by atoms with Gasteiger partial charge in [-0.05, 0) is 0 Å². The van der Waals surface area contributed by atoms with Gasteiger partial charge in [0.05, 0.1) is 6.61 Å². The third-order valence-corrected chi connectivity index (χ3v) is 2.67. The summed E-state index contributed by atoms with van der Waals surface area (Å²) in [6, 6.07) is -0.861. The van der Waals surface area contributed by atoms with Gasteiger partial charge < -0.3 is 30.2 Å². The van der Waals surface area contributed by atoms with Crippen molar-refractivity contribution in [3.63, 3.8) is 0 Å². The van der Waals surface area contributed by atoms with Crippen LogP contribution in [0.15, 0.2) is 0 Å². The van der Waals surface area contributed by atoms with Crippen LogP contribution >= 0.6 is 0 Å². The number of carbonyl (C=O) groups is 1. The molecule has 0 radical (unpaired) electrons. The minimum atomic E-state index is -5.18. The van der Waals surface area contributed by atoms with Crippen molar-refractivity contribution >= 4 is 28.9 Å². The number of anilines is 2. The number of nitrogens with zero attached hydrogens (tertiary/aromatic N) is 3. The van der Waals surface area contributed by atoms with Gasteiger partial charge in [0.1, 0.15) is 5.52 Å². The van der Waals surface area contributed by atoms with E-state index in [1.54, 1.807) is 0 Å². The molecule has 132 valence electrons. The Morgan fingerprint density at radius 2 is 2.04 bits per heavy atom. The summed E-state index contributed by atoms with van der Waals surface area (Å²) in [6.45, 7) is 0.198. The Bertz CT molecular complexity index is 734. The smallest absolute Gasteiger partial charge is 0.384 e. The predicted octanol–water partition coefficient (Wildman–Crippen LogP) is 0.434. The highest BCUT2D eigenvalue weighted by atomic mass is 19.4. The Kier molecular flexibility index (Phi) is 5.04. The number of halogens is 3. The van der Waals surface area contributed by atoms with E-state index in [2.05, 4.69) is 30.0 Å². The molecule has 2 heterocycles. The third-order valence-electron chi connectivity index (χ3n) is 2.67. The maximum Gasteiger partial charge on any atom is 0.491 e. The van der Waals surface area contributed by atoms with Crippen LogP contribution in [0.4, 0.5) is 24.9 Å². The van der Waals surface area contributed by atoms with E-state index in [1.165, 1.54) is 14.2 Å². The molecule has 0 saturated carbocycles. The lowest BCUT2D eigenvalue weighted by Gasteiger charge is -2.14. The number of hydrogen-bond acceptors (Lipinski definition) is 9. The van der Waals surface area contributed by atoms with Crippen molar-refractivity contribution in [3.8, 4) is 6.01 Å². The first-order valence-corrected chi connectivity index (χ1v) is 6.35. The monoisotopic (exact) mass is 350 g/mol. The number of fused-ring (bicyclic) bond motifs is 1. The molecular formula is C11H13F3N6O4. The van der Waals surface area contributed by atoms with Crippen LogP contribution in [-0.2, 0) is 14.3 Å². The molecule has 24 heavy (non-hydrogen) atoms. The maximum absolute atomic E-state index is 12.2. The second-order valence-electron chi connectivity index (χ2n) is 4.39. The van der Waals surface area contributed by atoms with Crippen LogP contribution in [0.2, 0.25) is 0 Å². The molecule has 0 aliphatic rings. The molecular weight excluding hydrogens is 337 g/mol. The SMILES string of the molecule is COCC(Nc1nc2nc(OC(=O)C(F)(F)F)nc(N)c2[nH]1)OC. The largest absolute Gasteiger partial charge is 0.491 e. The van der Waals surface area contributed by atoms with Crippen molar-refractivity contribution < 1.29 is 32.2 Å². The van der Waals surface area contributed by atoms with E-state index in [0.717, 1.165) is 0 Å². The highest BCUT2D eigenvalue weighted by molar-refractivity contribution is 5.84. The van der Waals surface area contributed by atoms with E-state index in [1.807, 2.05) is 0 Å². The first-order chi connectivity index (χ1) is 11.2. The summed E-state index contributed by atoms with van der Waals surface area (Å²) in [5, 5.41) is 2.81. The number of nitrogens with one attached hydrogen (secondary N) is 2. The zero-order chi connectivity index (χ0) is 17.9. The van der Waals surface area contributed by atoms with Crippen molar-refractivity contribution in [1.29, 1.82) is 0 Å². The number of hydrogen-bond donors (Lipinski definition) is 3. The molecule has 0 saturated heterocycles. The standard InChI is InChI=1S/C11H13F3N6O4/c1-22-3-4(23-2)16-9-17-5-6(15)18-10(20-7(5)19-9)24-8(21)11(12,13)14/h4H,3H2,1-2H3,(H4,15,16,17,18,19,20). The van der Waals surface area contributed by atoms with Gasteiger partial charge in [-0.3, -0.25) is 0 Å². The Morgan fingerprint density at radius 3 is 2.62 bits per heavy atom. The lowest BCUT2D eigenvalue weighted by Crippen LogP contribution is -2.28. The fourth-order valence-corrected chi connectivity index (χ4v) is 1.63. The highest BCUT2D eigenvalue weighted by Crippen LogP contribution is 2.23. The Hall–Kier alpha value is -2.67. The molecule has 0 aliphatic heterocycles. The van der Waals surface area contributed by atoms with E-state index in [4.69, 9.17) is 15.2 Å². The summed E-state index contributed by atoms with van der Waals surface area (Å²) in [6.07, 6.45) is -5.73. The molecule has 0 aliphatic carbocycles. The molecule has 0 aromatic carbocycles. The maximum atomic E-state index is 12.2. The van der Waals surface area contributed by atoms with Crippen LogP contribution in [0.1, 0.15) is 0 Å². The average Bonchev–Trinajstić information content (AvgIpc) is 2.89. The number of nitrogen functional groups attached to an aromatic ring is 1. The number of esters is 1. The summed E-state index contributed by atoms with van der Waals surface area (Å²) in [4.78, 5) is 24.6. The van der Waals surface area contributed by atoms with Gasteiger partial charge in [-0.25, -0.2) is 4.79 Å². The quantitative estimate of drug-likeness (QED) is 0.500. The molecule has 2 aromatic rings. The lowest BCUT2D eigenvalue weighted by molar-refractivity contribution is -0.190. The van der Waals surface area contributed by atoms with Crippen LogP contribution < -0.4 is 15.8 Å². The molecule has 0 fully saturated rings.